The first-order valence-corrected chi connectivity index (χ1v) is 8.01. The third-order valence-corrected chi connectivity index (χ3v) is 3.35. The molecule has 3 N–H and O–H groups in total. The molecule has 2 rings (SSSR count). The zero-order valence-electron chi connectivity index (χ0n) is 14.9. The minimum Gasteiger partial charge on any atom is -0.484 e. The second-order valence-corrected chi connectivity index (χ2v) is 5.87. The number of hydrogen-bond acceptors (Lipinski definition) is 4. The van der Waals surface area contributed by atoms with Crippen molar-refractivity contribution in [2.45, 2.75) is 20.8 Å². The van der Waals surface area contributed by atoms with Crippen molar-refractivity contribution in [3.63, 3.8) is 0 Å². The van der Waals surface area contributed by atoms with Gasteiger partial charge in [0, 0.05) is 18.2 Å². The van der Waals surface area contributed by atoms with Crippen molar-refractivity contribution in [2.24, 2.45) is 0 Å². The number of benzene rings is 2. The molecule has 0 aliphatic heterocycles. The predicted octanol–water partition coefficient (Wildman–Crippen LogP) is 2.10. The van der Waals surface area contributed by atoms with Crippen molar-refractivity contribution in [2.75, 3.05) is 11.9 Å². The Morgan fingerprint density at radius 2 is 1.54 bits per heavy atom. The Morgan fingerprint density at radius 3 is 2.12 bits per heavy atom. The summed E-state index contributed by atoms with van der Waals surface area (Å²) < 4.78 is 5.42. The standard InChI is InChI=1S/C19H21N3O4/c1-12-8-13(2)10-17(9-12)26-11-18(24)21-22-19(25)15-4-6-16(7-5-15)20-14(3)23/h4-10H,11H2,1-3H3,(H,20,23)(H,21,24)(H,22,25). The van der Waals surface area contributed by atoms with Crippen molar-refractivity contribution in [1.29, 1.82) is 0 Å². The molecule has 0 aliphatic rings. The van der Waals surface area contributed by atoms with Crippen LogP contribution in [-0.4, -0.2) is 24.3 Å². The van der Waals surface area contributed by atoms with Gasteiger partial charge < -0.3 is 10.1 Å². The molecule has 0 bridgehead atoms. The van der Waals surface area contributed by atoms with Crippen LogP contribution in [0.25, 0.3) is 0 Å². The molecule has 7 nitrogen and oxygen atoms in total. The van der Waals surface area contributed by atoms with Gasteiger partial charge in [0.2, 0.25) is 5.91 Å². The van der Waals surface area contributed by atoms with Crippen LogP contribution in [0.1, 0.15) is 28.4 Å². The van der Waals surface area contributed by atoms with Crippen LogP contribution >= 0.6 is 0 Å². The fourth-order valence-electron chi connectivity index (χ4n) is 2.31. The Kier molecular flexibility index (Phi) is 6.32. The number of carbonyl (C=O) groups excluding carboxylic acids is 3. The van der Waals surface area contributed by atoms with Crippen molar-refractivity contribution in [1.82, 2.24) is 10.9 Å². The zero-order chi connectivity index (χ0) is 19.1. The van der Waals surface area contributed by atoms with E-state index in [9.17, 15) is 14.4 Å². The molecule has 0 aromatic heterocycles. The molecule has 2 aromatic carbocycles. The smallest absolute Gasteiger partial charge is 0.276 e. The maximum absolute atomic E-state index is 12.0. The van der Waals surface area contributed by atoms with E-state index in [1.165, 1.54) is 6.92 Å². The zero-order valence-corrected chi connectivity index (χ0v) is 14.9. The average Bonchev–Trinajstić information content (AvgIpc) is 2.57. The molecule has 0 saturated carbocycles. The summed E-state index contributed by atoms with van der Waals surface area (Å²) in [4.78, 5) is 34.8. The first-order chi connectivity index (χ1) is 12.3. The number of rotatable bonds is 5. The van der Waals surface area contributed by atoms with Crippen LogP contribution in [0, 0.1) is 13.8 Å². The molecule has 0 radical (unpaired) electrons. The monoisotopic (exact) mass is 355 g/mol. The highest BCUT2D eigenvalue weighted by atomic mass is 16.5. The van der Waals surface area contributed by atoms with Crippen LogP contribution in [-0.2, 0) is 9.59 Å². The summed E-state index contributed by atoms with van der Waals surface area (Å²) in [6.45, 7) is 5.07. The lowest BCUT2D eigenvalue weighted by Gasteiger charge is -2.10. The Morgan fingerprint density at radius 1 is 0.923 bits per heavy atom. The van der Waals surface area contributed by atoms with Crippen molar-refractivity contribution in [3.05, 3.63) is 59.2 Å². The minimum atomic E-state index is -0.479. The van der Waals surface area contributed by atoms with Gasteiger partial charge in [-0.25, -0.2) is 0 Å². The molecule has 0 spiro atoms. The second-order valence-electron chi connectivity index (χ2n) is 5.87. The van der Waals surface area contributed by atoms with Gasteiger partial charge in [0.1, 0.15) is 5.75 Å². The summed E-state index contributed by atoms with van der Waals surface area (Å²) in [5.74, 6) is -0.553. The molecule has 0 saturated heterocycles. The summed E-state index contributed by atoms with van der Waals surface area (Å²) in [6.07, 6.45) is 0. The van der Waals surface area contributed by atoms with E-state index < -0.39 is 11.8 Å². The molecule has 0 atom stereocenters. The van der Waals surface area contributed by atoms with Crippen LogP contribution in [0.15, 0.2) is 42.5 Å². The molecule has 136 valence electrons. The number of anilines is 1. The van der Waals surface area contributed by atoms with E-state index in [4.69, 9.17) is 4.74 Å². The Bertz CT molecular complexity index is 796. The molecule has 0 aliphatic carbocycles. The van der Waals surface area contributed by atoms with Gasteiger partial charge in [-0.15, -0.1) is 0 Å². The number of ether oxygens (including phenoxy) is 1. The van der Waals surface area contributed by atoms with Gasteiger partial charge in [0.05, 0.1) is 0 Å². The lowest BCUT2D eigenvalue weighted by Crippen LogP contribution is -2.43. The topological polar surface area (TPSA) is 96.5 Å². The summed E-state index contributed by atoms with van der Waals surface area (Å²) >= 11 is 0. The largest absolute Gasteiger partial charge is 0.484 e. The molecule has 0 heterocycles. The van der Waals surface area contributed by atoms with Gasteiger partial charge in [0.25, 0.3) is 11.8 Å². The van der Waals surface area contributed by atoms with Gasteiger partial charge >= 0.3 is 0 Å². The van der Waals surface area contributed by atoms with Crippen molar-refractivity contribution < 1.29 is 19.1 Å². The van der Waals surface area contributed by atoms with E-state index in [1.807, 2.05) is 32.0 Å². The molecule has 26 heavy (non-hydrogen) atoms. The van der Waals surface area contributed by atoms with Gasteiger partial charge in [-0.05, 0) is 61.4 Å². The second kappa shape index (κ2) is 8.66. The van der Waals surface area contributed by atoms with Gasteiger partial charge in [-0.2, -0.15) is 0 Å². The van der Waals surface area contributed by atoms with Crippen LogP contribution < -0.4 is 20.9 Å². The highest BCUT2D eigenvalue weighted by molar-refractivity contribution is 5.96. The van der Waals surface area contributed by atoms with Crippen molar-refractivity contribution in [3.8, 4) is 5.75 Å². The molecule has 2 aromatic rings. The van der Waals surface area contributed by atoms with Crippen LogP contribution in [0.5, 0.6) is 5.75 Å². The van der Waals surface area contributed by atoms with Gasteiger partial charge in [-0.3, -0.25) is 25.2 Å². The number of hydrazine groups is 1. The van der Waals surface area contributed by atoms with Crippen LogP contribution in [0.3, 0.4) is 0 Å². The summed E-state index contributed by atoms with van der Waals surface area (Å²) in [7, 11) is 0. The third kappa shape index (κ3) is 5.94. The third-order valence-electron chi connectivity index (χ3n) is 3.35. The summed E-state index contributed by atoms with van der Waals surface area (Å²) in [5.41, 5.74) is 7.61. The molecular weight excluding hydrogens is 334 g/mol. The fourth-order valence-corrected chi connectivity index (χ4v) is 2.31. The first-order valence-electron chi connectivity index (χ1n) is 8.01. The number of nitrogens with one attached hydrogen (secondary N) is 3. The quantitative estimate of drug-likeness (QED) is 0.716. The first kappa shape index (κ1) is 19.0. The molecule has 7 heteroatoms. The van der Waals surface area contributed by atoms with E-state index in [0.717, 1.165) is 11.1 Å². The maximum Gasteiger partial charge on any atom is 0.276 e. The number of carbonyl (C=O) groups is 3. The lowest BCUT2D eigenvalue weighted by atomic mass is 10.1. The molecular formula is C19H21N3O4. The maximum atomic E-state index is 12.0. The number of hydrogen-bond donors (Lipinski definition) is 3. The molecule has 0 fully saturated rings. The van der Waals surface area contributed by atoms with Gasteiger partial charge in [-0.1, -0.05) is 6.07 Å². The summed E-state index contributed by atoms with van der Waals surface area (Å²) in [5, 5.41) is 2.60. The van der Waals surface area contributed by atoms with E-state index >= 15 is 0 Å². The molecule has 0 unspecified atom stereocenters. The highest BCUT2D eigenvalue weighted by Gasteiger charge is 2.08. The number of amides is 3. The normalized spacial score (nSPS) is 9.96. The van der Waals surface area contributed by atoms with Crippen LogP contribution in [0.2, 0.25) is 0 Å². The minimum absolute atomic E-state index is 0.196. The van der Waals surface area contributed by atoms with Crippen LogP contribution in [0.4, 0.5) is 5.69 Å². The van der Waals surface area contributed by atoms with E-state index in [1.54, 1.807) is 24.3 Å². The highest BCUT2D eigenvalue weighted by Crippen LogP contribution is 2.15. The SMILES string of the molecule is CC(=O)Nc1ccc(C(=O)NNC(=O)COc2cc(C)cc(C)c2)cc1. The Labute approximate surface area is 151 Å². The number of aryl methyl sites for hydroxylation is 2. The van der Waals surface area contributed by atoms with E-state index in [-0.39, 0.29) is 12.5 Å². The predicted molar refractivity (Wildman–Crippen MR) is 97.8 cm³/mol. The summed E-state index contributed by atoms with van der Waals surface area (Å²) in [6, 6.07) is 11.9. The van der Waals surface area contributed by atoms with E-state index in [0.29, 0.717) is 17.0 Å². The van der Waals surface area contributed by atoms with Crippen molar-refractivity contribution >= 4 is 23.4 Å². The van der Waals surface area contributed by atoms with Gasteiger partial charge in [0.15, 0.2) is 6.61 Å². The Hall–Kier alpha value is -3.35. The molecule has 3 amide bonds. The lowest BCUT2D eigenvalue weighted by molar-refractivity contribution is -0.123. The average molecular weight is 355 g/mol. The Balaban J connectivity index is 1.80. The van der Waals surface area contributed by atoms with E-state index in [2.05, 4.69) is 16.2 Å². The fraction of sp³-hybridized carbons (Fsp3) is 0.211.